The highest BCUT2D eigenvalue weighted by atomic mass is 15.1. The number of imidazole rings is 1. The molecule has 0 bridgehead atoms. The molecule has 0 saturated heterocycles. The van der Waals surface area contributed by atoms with E-state index < -0.39 is 0 Å². The number of aromatic nitrogens is 2. The van der Waals surface area contributed by atoms with Crippen LogP contribution >= 0.6 is 0 Å². The molecular formula is C15H21N3. The summed E-state index contributed by atoms with van der Waals surface area (Å²) in [5.74, 6) is 1.17. The predicted octanol–water partition coefficient (Wildman–Crippen LogP) is 2.39. The summed E-state index contributed by atoms with van der Waals surface area (Å²) in [6.45, 7) is 3.79. The molecule has 2 aromatic rings. The van der Waals surface area contributed by atoms with Gasteiger partial charge in [0.1, 0.15) is 5.82 Å². The molecule has 0 radical (unpaired) electrons. The smallest absolute Gasteiger partial charge is 0.108 e. The van der Waals surface area contributed by atoms with Crippen molar-refractivity contribution in [3.05, 3.63) is 53.6 Å². The lowest BCUT2D eigenvalue weighted by atomic mass is 10.1. The predicted molar refractivity (Wildman–Crippen MR) is 74.5 cm³/mol. The molecular weight excluding hydrogens is 222 g/mol. The van der Waals surface area contributed by atoms with Crippen molar-refractivity contribution in [2.75, 3.05) is 6.54 Å². The molecule has 0 fully saturated rings. The summed E-state index contributed by atoms with van der Waals surface area (Å²) < 4.78 is 2.22. The summed E-state index contributed by atoms with van der Waals surface area (Å²) in [7, 11) is 0. The van der Waals surface area contributed by atoms with Crippen LogP contribution in [0, 0.1) is 0 Å². The molecule has 96 valence electrons. The van der Waals surface area contributed by atoms with Crippen molar-refractivity contribution in [2.24, 2.45) is 5.73 Å². The molecule has 0 aliphatic carbocycles. The van der Waals surface area contributed by atoms with Gasteiger partial charge >= 0.3 is 0 Å². The van der Waals surface area contributed by atoms with E-state index in [1.807, 2.05) is 6.20 Å². The van der Waals surface area contributed by atoms with E-state index in [0.717, 1.165) is 25.8 Å². The van der Waals surface area contributed by atoms with Gasteiger partial charge in [-0.05, 0) is 30.5 Å². The number of nitrogens with two attached hydrogens (primary N) is 1. The minimum atomic E-state index is 0.710. The normalized spacial score (nSPS) is 10.8. The third kappa shape index (κ3) is 3.20. The zero-order chi connectivity index (χ0) is 12.8. The summed E-state index contributed by atoms with van der Waals surface area (Å²) in [4.78, 5) is 4.40. The van der Waals surface area contributed by atoms with Crippen molar-refractivity contribution in [1.82, 2.24) is 9.55 Å². The van der Waals surface area contributed by atoms with Crippen molar-refractivity contribution in [3.63, 3.8) is 0 Å². The van der Waals surface area contributed by atoms with Gasteiger partial charge in [-0.15, -0.1) is 0 Å². The lowest BCUT2D eigenvalue weighted by Gasteiger charge is -2.08. The van der Waals surface area contributed by atoms with Crippen molar-refractivity contribution >= 4 is 0 Å². The Bertz CT molecular complexity index is 471. The molecule has 0 saturated carbocycles. The van der Waals surface area contributed by atoms with Gasteiger partial charge in [0, 0.05) is 25.4 Å². The molecule has 0 aliphatic heterocycles. The highest BCUT2D eigenvalue weighted by molar-refractivity contribution is 5.23. The fourth-order valence-electron chi connectivity index (χ4n) is 2.11. The maximum Gasteiger partial charge on any atom is 0.108 e. The minimum Gasteiger partial charge on any atom is -0.331 e. The first-order valence-electron chi connectivity index (χ1n) is 6.61. The standard InChI is InChI=1S/C15H21N3/c1-2-3-15-17-10-11-18(15)12-14-6-4-13(5-7-14)8-9-16/h4-7,10-11H,2-3,8-9,12,16H2,1H3. The molecule has 2 N–H and O–H groups in total. The van der Waals surface area contributed by atoms with Crippen LogP contribution < -0.4 is 5.73 Å². The zero-order valence-electron chi connectivity index (χ0n) is 11.0. The molecule has 0 unspecified atom stereocenters. The van der Waals surface area contributed by atoms with Crippen molar-refractivity contribution in [2.45, 2.75) is 32.7 Å². The number of hydrogen-bond acceptors (Lipinski definition) is 2. The molecule has 18 heavy (non-hydrogen) atoms. The van der Waals surface area contributed by atoms with Gasteiger partial charge in [0.2, 0.25) is 0 Å². The van der Waals surface area contributed by atoms with E-state index in [1.165, 1.54) is 17.0 Å². The van der Waals surface area contributed by atoms with Gasteiger partial charge in [-0.3, -0.25) is 0 Å². The van der Waals surface area contributed by atoms with Crippen molar-refractivity contribution in [1.29, 1.82) is 0 Å². The third-order valence-electron chi connectivity index (χ3n) is 3.08. The van der Waals surface area contributed by atoms with Crippen LogP contribution in [-0.4, -0.2) is 16.1 Å². The summed E-state index contributed by atoms with van der Waals surface area (Å²) in [5.41, 5.74) is 8.17. The monoisotopic (exact) mass is 243 g/mol. The van der Waals surface area contributed by atoms with Crippen molar-refractivity contribution in [3.8, 4) is 0 Å². The SMILES string of the molecule is CCCc1nccn1Cc1ccc(CCN)cc1. The number of rotatable bonds is 6. The van der Waals surface area contributed by atoms with Crippen LogP contribution in [-0.2, 0) is 19.4 Å². The second-order valence-electron chi connectivity index (χ2n) is 4.58. The Morgan fingerprint density at radius 3 is 2.50 bits per heavy atom. The number of aryl methyl sites for hydroxylation is 1. The van der Waals surface area contributed by atoms with Crippen molar-refractivity contribution < 1.29 is 0 Å². The average Bonchev–Trinajstić information content (AvgIpc) is 2.80. The van der Waals surface area contributed by atoms with Gasteiger partial charge in [0.05, 0.1) is 0 Å². The van der Waals surface area contributed by atoms with Crippen LogP contribution in [0.1, 0.15) is 30.3 Å². The number of hydrogen-bond donors (Lipinski definition) is 1. The Balaban J connectivity index is 2.06. The Labute approximate surface area is 109 Å². The molecule has 0 aliphatic rings. The first kappa shape index (κ1) is 12.8. The Morgan fingerprint density at radius 2 is 1.83 bits per heavy atom. The van der Waals surface area contributed by atoms with Crippen LogP contribution in [0.3, 0.4) is 0 Å². The average molecular weight is 243 g/mol. The first-order valence-corrected chi connectivity index (χ1v) is 6.61. The van der Waals surface area contributed by atoms with Crippen LogP contribution in [0.2, 0.25) is 0 Å². The van der Waals surface area contributed by atoms with Gasteiger partial charge in [0.25, 0.3) is 0 Å². The fraction of sp³-hybridized carbons (Fsp3) is 0.400. The topological polar surface area (TPSA) is 43.8 Å². The molecule has 1 aromatic heterocycles. The first-order chi connectivity index (χ1) is 8.83. The van der Waals surface area contributed by atoms with Crippen LogP contribution in [0.15, 0.2) is 36.7 Å². The van der Waals surface area contributed by atoms with Gasteiger partial charge in [-0.2, -0.15) is 0 Å². The Hall–Kier alpha value is -1.61. The molecule has 3 heteroatoms. The molecule has 1 aromatic carbocycles. The number of benzene rings is 1. The van der Waals surface area contributed by atoms with E-state index in [-0.39, 0.29) is 0 Å². The lowest BCUT2D eigenvalue weighted by molar-refractivity contribution is 0.705. The van der Waals surface area contributed by atoms with E-state index in [9.17, 15) is 0 Å². The molecule has 0 atom stereocenters. The second kappa shape index (κ2) is 6.36. The maximum atomic E-state index is 5.55. The minimum absolute atomic E-state index is 0.710. The molecule has 0 spiro atoms. The maximum absolute atomic E-state index is 5.55. The van der Waals surface area contributed by atoms with Gasteiger partial charge in [-0.25, -0.2) is 4.98 Å². The van der Waals surface area contributed by atoms with Crippen LogP contribution in [0.25, 0.3) is 0 Å². The van der Waals surface area contributed by atoms with Crippen LogP contribution in [0.5, 0.6) is 0 Å². The van der Waals surface area contributed by atoms with Gasteiger partial charge in [0.15, 0.2) is 0 Å². The summed E-state index contributed by atoms with van der Waals surface area (Å²) >= 11 is 0. The number of nitrogens with zero attached hydrogens (tertiary/aromatic N) is 2. The van der Waals surface area contributed by atoms with Gasteiger partial charge in [-0.1, -0.05) is 31.2 Å². The second-order valence-corrected chi connectivity index (χ2v) is 4.58. The van der Waals surface area contributed by atoms with E-state index in [1.54, 1.807) is 0 Å². The largest absolute Gasteiger partial charge is 0.331 e. The summed E-state index contributed by atoms with van der Waals surface area (Å²) in [5, 5.41) is 0. The highest BCUT2D eigenvalue weighted by Crippen LogP contribution is 2.09. The fourth-order valence-corrected chi connectivity index (χ4v) is 2.11. The molecule has 1 heterocycles. The van der Waals surface area contributed by atoms with E-state index >= 15 is 0 Å². The highest BCUT2D eigenvalue weighted by Gasteiger charge is 2.02. The van der Waals surface area contributed by atoms with E-state index in [4.69, 9.17) is 5.73 Å². The zero-order valence-corrected chi connectivity index (χ0v) is 11.0. The molecule has 3 nitrogen and oxygen atoms in total. The quantitative estimate of drug-likeness (QED) is 0.846. The van der Waals surface area contributed by atoms with E-state index in [2.05, 4.69) is 46.9 Å². The summed E-state index contributed by atoms with van der Waals surface area (Å²) in [6.07, 6.45) is 7.06. The lowest BCUT2D eigenvalue weighted by Crippen LogP contribution is -2.05. The van der Waals surface area contributed by atoms with Crippen LogP contribution in [0.4, 0.5) is 0 Å². The molecule has 2 rings (SSSR count). The Kier molecular flexibility index (Phi) is 4.53. The van der Waals surface area contributed by atoms with E-state index in [0.29, 0.717) is 6.54 Å². The Morgan fingerprint density at radius 1 is 1.11 bits per heavy atom. The third-order valence-corrected chi connectivity index (χ3v) is 3.08. The van der Waals surface area contributed by atoms with Gasteiger partial charge < -0.3 is 10.3 Å². The summed E-state index contributed by atoms with van der Waals surface area (Å²) in [6, 6.07) is 8.69. The molecule has 0 amide bonds.